The molecule has 4 nitrogen and oxygen atoms in total. The second kappa shape index (κ2) is 6.57. The molecule has 2 heterocycles. The Balaban J connectivity index is 2.03. The van der Waals surface area contributed by atoms with Gasteiger partial charge >= 0.3 is 0 Å². The van der Waals surface area contributed by atoms with E-state index in [2.05, 4.69) is 34.3 Å². The van der Waals surface area contributed by atoms with E-state index in [0.29, 0.717) is 0 Å². The average molecular weight is 235 g/mol. The Bertz CT molecular complexity index is 335. The van der Waals surface area contributed by atoms with E-state index >= 15 is 0 Å². The molecule has 0 bridgehead atoms. The molecule has 1 aromatic heterocycles. The van der Waals surface area contributed by atoms with Crippen molar-refractivity contribution in [3.05, 3.63) is 24.0 Å². The zero-order chi connectivity index (χ0) is 11.9. The maximum Gasteiger partial charge on any atom is 0.0641 e. The lowest BCUT2D eigenvalue weighted by Gasteiger charge is -2.22. The smallest absolute Gasteiger partial charge is 0.0641 e. The van der Waals surface area contributed by atoms with Crippen molar-refractivity contribution < 1.29 is 4.74 Å². The van der Waals surface area contributed by atoms with Crippen molar-refractivity contribution in [1.82, 2.24) is 10.3 Å². The molecule has 1 aliphatic heterocycles. The molecule has 1 saturated heterocycles. The van der Waals surface area contributed by atoms with Crippen molar-refractivity contribution in [3.63, 3.8) is 0 Å². The summed E-state index contributed by atoms with van der Waals surface area (Å²) in [6, 6.07) is 4.26. The van der Waals surface area contributed by atoms with E-state index in [0.717, 1.165) is 51.5 Å². The predicted molar refractivity (Wildman–Crippen MR) is 69.3 cm³/mol. The van der Waals surface area contributed by atoms with Crippen LogP contribution in [0.3, 0.4) is 0 Å². The van der Waals surface area contributed by atoms with Crippen LogP contribution in [-0.2, 0) is 11.3 Å². The summed E-state index contributed by atoms with van der Waals surface area (Å²) in [4.78, 5) is 6.75. The highest BCUT2D eigenvalue weighted by molar-refractivity contribution is 5.46. The molecule has 1 aliphatic rings. The minimum absolute atomic E-state index is 0.824. The highest BCUT2D eigenvalue weighted by atomic mass is 16.5. The summed E-state index contributed by atoms with van der Waals surface area (Å²) >= 11 is 0. The van der Waals surface area contributed by atoms with Gasteiger partial charge in [0.15, 0.2) is 0 Å². The van der Waals surface area contributed by atoms with E-state index in [9.17, 15) is 0 Å². The van der Waals surface area contributed by atoms with Gasteiger partial charge in [-0.15, -0.1) is 0 Å². The summed E-state index contributed by atoms with van der Waals surface area (Å²) < 4.78 is 5.47. The van der Waals surface area contributed by atoms with Crippen molar-refractivity contribution in [2.45, 2.75) is 19.9 Å². The zero-order valence-corrected chi connectivity index (χ0v) is 10.5. The predicted octanol–water partition coefficient (Wildman–Crippen LogP) is 1.42. The summed E-state index contributed by atoms with van der Waals surface area (Å²) in [6.07, 6.45) is 3.00. The van der Waals surface area contributed by atoms with Gasteiger partial charge in [-0.25, -0.2) is 0 Å². The van der Waals surface area contributed by atoms with Gasteiger partial charge in [-0.1, -0.05) is 6.92 Å². The lowest BCUT2D eigenvalue weighted by molar-refractivity contribution is 0.152. The Labute approximate surface area is 103 Å². The molecule has 0 spiro atoms. The van der Waals surface area contributed by atoms with E-state index in [-0.39, 0.29) is 0 Å². The second-order valence-corrected chi connectivity index (χ2v) is 4.24. The first-order valence-corrected chi connectivity index (χ1v) is 6.38. The maximum atomic E-state index is 5.47. The molecule has 0 atom stereocenters. The van der Waals surface area contributed by atoms with Gasteiger partial charge in [0.25, 0.3) is 0 Å². The fourth-order valence-corrected chi connectivity index (χ4v) is 2.02. The molecule has 0 amide bonds. The minimum Gasteiger partial charge on any atom is -0.380 e. The van der Waals surface area contributed by atoms with Crippen LogP contribution in [0.1, 0.15) is 19.0 Å². The van der Waals surface area contributed by atoms with E-state index in [1.807, 2.05) is 6.20 Å². The third kappa shape index (κ3) is 3.68. The molecule has 4 heteroatoms. The first kappa shape index (κ1) is 12.3. The number of rotatable bonds is 4. The summed E-state index contributed by atoms with van der Waals surface area (Å²) in [5.41, 5.74) is 2.37. The van der Waals surface area contributed by atoms with E-state index in [1.165, 1.54) is 5.69 Å². The molecular weight excluding hydrogens is 214 g/mol. The van der Waals surface area contributed by atoms with Crippen molar-refractivity contribution >= 4 is 5.69 Å². The minimum atomic E-state index is 0.824. The first-order chi connectivity index (χ1) is 8.40. The number of hydrogen-bond acceptors (Lipinski definition) is 4. The monoisotopic (exact) mass is 235 g/mol. The van der Waals surface area contributed by atoms with Gasteiger partial charge in [0.1, 0.15) is 0 Å². The Morgan fingerprint density at radius 1 is 1.41 bits per heavy atom. The molecule has 17 heavy (non-hydrogen) atoms. The molecule has 0 radical (unpaired) electrons. The molecule has 1 fully saturated rings. The van der Waals surface area contributed by atoms with Crippen molar-refractivity contribution in [2.24, 2.45) is 0 Å². The number of ether oxygens (including phenoxy) is 1. The number of nitrogens with zero attached hydrogens (tertiary/aromatic N) is 2. The fraction of sp³-hybridized carbons (Fsp3) is 0.615. The lowest BCUT2D eigenvalue weighted by atomic mass is 10.2. The van der Waals surface area contributed by atoms with Crippen LogP contribution in [0.2, 0.25) is 0 Å². The summed E-state index contributed by atoms with van der Waals surface area (Å²) in [7, 11) is 0. The summed E-state index contributed by atoms with van der Waals surface area (Å²) in [5, 5.41) is 3.30. The van der Waals surface area contributed by atoms with Crippen LogP contribution in [0, 0.1) is 0 Å². The van der Waals surface area contributed by atoms with Gasteiger partial charge in [0.2, 0.25) is 0 Å². The van der Waals surface area contributed by atoms with Crippen LogP contribution in [0.25, 0.3) is 0 Å². The van der Waals surface area contributed by atoms with Crippen LogP contribution >= 0.6 is 0 Å². The van der Waals surface area contributed by atoms with Gasteiger partial charge in [-0.2, -0.15) is 0 Å². The molecule has 0 unspecified atom stereocenters. The van der Waals surface area contributed by atoms with Crippen molar-refractivity contribution in [2.75, 3.05) is 37.7 Å². The Morgan fingerprint density at radius 3 is 3.24 bits per heavy atom. The lowest BCUT2D eigenvalue weighted by Crippen LogP contribution is -2.26. The summed E-state index contributed by atoms with van der Waals surface area (Å²) in [5.74, 6) is 0. The molecule has 94 valence electrons. The van der Waals surface area contributed by atoms with E-state index < -0.39 is 0 Å². The van der Waals surface area contributed by atoms with Crippen LogP contribution in [0.15, 0.2) is 18.3 Å². The third-order valence-electron chi connectivity index (χ3n) is 2.94. The average Bonchev–Trinajstić information content (AvgIpc) is 2.65. The number of pyridine rings is 1. The quantitative estimate of drug-likeness (QED) is 0.856. The number of nitrogens with one attached hydrogen (secondary N) is 1. The van der Waals surface area contributed by atoms with Crippen LogP contribution in [0.5, 0.6) is 0 Å². The SMILES string of the molecule is CCNCc1cc(N2CCCOCC2)ccn1. The molecule has 0 aromatic carbocycles. The molecule has 0 saturated carbocycles. The number of anilines is 1. The van der Waals surface area contributed by atoms with Crippen molar-refractivity contribution in [1.29, 1.82) is 0 Å². The molecular formula is C13H21N3O. The van der Waals surface area contributed by atoms with Gasteiger partial charge in [0, 0.05) is 38.1 Å². The molecule has 2 rings (SSSR count). The van der Waals surface area contributed by atoms with E-state index in [4.69, 9.17) is 4.74 Å². The first-order valence-electron chi connectivity index (χ1n) is 6.38. The Kier molecular flexibility index (Phi) is 4.76. The second-order valence-electron chi connectivity index (χ2n) is 4.24. The fourth-order valence-electron chi connectivity index (χ4n) is 2.02. The normalized spacial score (nSPS) is 16.9. The molecule has 1 aromatic rings. The number of hydrogen-bond donors (Lipinski definition) is 1. The van der Waals surface area contributed by atoms with Crippen molar-refractivity contribution in [3.8, 4) is 0 Å². The highest BCUT2D eigenvalue weighted by Crippen LogP contribution is 2.16. The molecule has 0 aliphatic carbocycles. The number of aromatic nitrogens is 1. The zero-order valence-electron chi connectivity index (χ0n) is 10.5. The summed E-state index contributed by atoms with van der Waals surface area (Å²) in [6.45, 7) is 7.68. The van der Waals surface area contributed by atoms with Gasteiger partial charge in [-0.3, -0.25) is 4.98 Å². The molecule has 1 N–H and O–H groups in total. The Morgan fingerprint density at radius 2 is 2.35 bits per heavy atom. The maximum absolute atomic E-state index is 5.47. The van der Waals surface area contributed by atoms with Crippen LogP contribution < -0.4 is 10.2 Å². The van der Waals surface area contributed by atoms with Gasteiger partial charge in [0.05, 0.1) is 12.3 Å². The van der Waals surface area contributed by atoms with Crippen LogP contribution in [0.4, 0.5) is 5.69 Å². The standard InChI is InChI=1S/C13H21N3O/c1-2-14-11-12-10-13(4-5-15-12)16-6-3-8-17-9-7-16/h4-5,10,14H,2-3,6-9,11H2,1H3. The highest BCUT2D eigenvalue weighted by Gasteiger charge is 2.10. The van der Waals surface area contributed by atoms with Gasteiger partial charge < -0.3 is 15.0 Å². The Hall–Kier alpha value is -1.13. The van der Waals surface area contributed by atoms with E-state index in [1.54, 1.807) is 0 Å². The largest absolute Gasteiger partial charge is 0.380 e. The van der Waals surface area contributed by atoms with Gasteiger partial charge in [-0.05, 0) is 25.1 Å². The third-order valence-corrected chi connectivity index (χ3v) is 2.94. The topological polar surface area (TPSA) is 37.4 Å². The van der Waals surface area contributed by atoms with Crippen LogP contribution in [-0.4, -0.2) is 37.8 Å².